The normalized spacial score (nSPS) is 13.4. The summed E-state index contributed by atoms with van der Waals surface area (Å²) in [5.74, 6) is 0. The van der Waals surface area contributed by atoms with Gasteiger partial charge in [-0.2, -0.15) is 0 Å². The molecule has 3 nitrogen and oxygen atoms in total. The van der Waals surface area contributed by atoms with Crippen molar-refractivity contribution in [3.63, 3.8) is 0 Å². The average Bonchev–Trinajstić information content (AvgIpc) is 3.66. The van der Waals surface area contributed by atoms with E-state index in [4.69, 9.17) is 4.42 Å². The predicted octanol–water partition coefficient (Wildman–Crippen LogP) is 7.74. The van der Waals surface area contributed by atoms with Crippen LogP contribution in [0.4, 0.5) is 0 Å². The van der Waals surface area contributed by atoms with E-state index in [0.717, 1.165) is 11.2 Å². The van der Waals surface area contributed by atoms with Crippen molar-refractivity contribution in [3.05, 3.63) is 115 Å². The molecule has 0 N–H and O–H groups in total. The van der Waals surface area contributed by atoms with Gasteiger partial charge in [0.25, 0.3) is 0 Å². The topological polar surface area (TPSA) is 23.0 Å². The highest BCUT2D eigenvalue weighted by Gasteiger charge is 2.41. The fourth-order valence-corrected chi connectivity index (χ4v) is 8.05. The van der Waals surface area contributed by atoms with Gasteiger partial charge in [-0.15, -0.1) is 0 Å². The first kappa shape index (κ1) is 19.8. The van der Waals surface area contributed by atoms with Gasteiger partial charge in [0.15, 0.2) is 0 Å². The number of hydrogen-bond donors (Lipinski definition) is 0. The van der Waals surface area contributed by atoms with Crippen LogP contribution in [0.25, 0.3) is 82.4 Å². The van der Waals surface area contributed by atoms with Gasteiger partial charge >= 0.3 is 6.85 Å². The van der Waals surface area contributed by atoms with E-state index >= 15 is 0 Å². The summed E-state index contributed by atoms with van der Waals surface area (Å²) >= 11 is 0. The zero-order chi connectivity index (χ0) is 25.7. The summed E-state index contributed by atoms with van der Waals surface area (Å²) in [5.41, 5.74) is 13.6. The van der Waals surface area contributed by atoms with Crippen molar-refractivity contribution < 1.29 is 4.42 Å². The van der Waals surface area contributed by atoms with Crippen molar-refractivity contribution >= 4 is 83.3 Å². The lowest BCUT2D eigenvalue weighted by atomic mass is 9.45. The van der Waals surface area contributed by atoms with Gasteiger partial charge in [-0.25, -0.2) is 0 Å². The van der Waals surface area contributed by atoms with Crippen molar-refractivity contribution in [1.29, 1.82) is 0 Å². The van der Waals surface area contributed by atoms with Crippen molar-refractivity contribution in [1.82, 2.24) is 9.05 Å². The molecular formula is C36H19BN2O. The summed E-state index contributed by atoms with van der Waals surface area (Å²) in [4.78, 5) is 0. The molecule has 2 aliphatic rings. The molecule has 40 heavy (non-hydrogen) atoms. The standard InChI is InChI=1S/C36H19BN2O/c1-4-15-28-20(9-1)23-13-7-14-27-34(23)38(28)30-17-8-12-22-25-19-26-21-10-3-6-18-31(21)40-36(26)32-24-11-2-5-16-29(24)39(35(25)32)37(27)33(22)30/h1-19H. The fourth-order valence-electron chi connectivity index (χ4n) is 8.05. The van der Waals surface area contributed by atoms with Crippen molar-refractivity contribution in [2.45, 2.75) is 0 Å². The Morgan fingerprint density at radius 2 is 1.30 bits per heavy atom. The molecule has 3 aromatic heterocycles. The van der Waals surface area contributed by atoms with E-state index in [1.54, 1.807) is 0 Å². The summed E-state index contributed by atoms with van der Waals surface area (Å²) in [6.45, 7) is 0.0726. The largest absolute Gasteiger partial charge is 0.455 e. The smallest absolute Gasteiger partial charge is 0.333 e. The van der Waals surface area contributed by atoms with Crippen molar-refractivity contribution in [2.75, 3.05) is 0 Å². The molecule has 0 atom stereocenters. The van der Waals surface area contributed by atoms with Crippen LogP contribution >= 0.6 is 0 Å². The average molecular weight is 506 g/mol. The van der Waals surface area contributed by atoms with Crippen LogP contribution in [0.15, 0.2) is 120 Å². The molecule has 0 saturated heterocycles. The first-order valence-corrected chi connectivity index (χ1v) is 13.9. The van der Waals surface area contributed by atoms with Gasteiger partial charge in [0, 0.05) is 49.2 Å². The molecule has 2 aliphatic heterocycles. The van der Waals surface area contributed by atoms with E-state index in [1.807, 2.05) is 0 Å². The zero-order valence-electron chi connectivity index (χ0n) is 21.3. The second kappa shape index (κ2) is 6.49. The molecule has 0 spiro atoms. The number of nitrogens with zero attached hydrogens (tertiary/aromatic N) is 2. The molecule has 6 aromatic carbocycles. The second-order valence-electron chi connectivity index (χ2n) is 11.2. The lowest BCUT2D eigenvalue weighted by Gasteiger charge is -2.33. The molecule has 0 fully saturated rings. The minimum atomic E-state index is 0.0726. The Morgan fingerprint density at radius 3 is 2.23 bits per heavy atom. The van der Waals surface area contributed by atoms with Gasteiger partial charge in [-0.05, 0) is 46.8 Å². The molecule has 0 unspecified atom stereocenters. The Morgan fingerprint density at radius 1 is 0.550 bits per heavy atom. The van der Waals surface area contributed by atoms with E-state index in [1.165, 1.54) is 82.1 Å². The summed E-state index contributed by atoms with van der Waals surface area (Å²) in [5, 5.41) is 7.43. The van der Waals surface area contributed by atoms with E-state index in [0.29, 0.717) is 0 Å². The quantitative estimate of drug-likeness (QED) is 0.193. The maximum Gasteiger partial charge on any atom is 0.333 e. The third-order valence-electron chi connectivity index (χ3n) is 9.48. The second-order valence-corrected chi connectivity index (χ2v) is 11.2. The van der Waals surface area contributed by atoms with E-state index in [-0.39, 0.29) is 6.85 Å². The SMILES string of the molecule is c1cc2c3c(c1)-n1c4ccccc4c4cccc(c41)B3n1c3ccccc3c3c4oc5ccccc5c4cc-2c31. The first-order valence-electron chi connectivity index (χ1n) is 13.9. The molecule has 0 bridgehead atoms. The van der Waals surface area contributed by atoms with Crippen LogP contribution in [0.1, 0.15) is 0 Å². The van der Waals surface area contributed by atoms with Crippen LogP contribution in [0.5, 0.6) is 0 Å². The van der Waals surface area contributed by atoms with Gasteiger partial charge < -0.3 is 13.5 Å². The van der Waals surface area contributed by atoms with Gasteiger partial charge in [-0.1, -0.05) is 84.9 Å². The van der Waals surface area contributed by atoms with Gasteiger partial charge in [0.05, 0.1) is 16.4 Å². The number of fused-ring (bicyclic) bond motifs is 14. The van der Waals surface area contributed by atoms with Crippen LogP contribution in [0.3, 0.4) is 0 Å². The molecular weight excluding hydrogens is 487 g/mol. The third kappa shape index (κ3) is 2.03. The molecule has 0 saturated carbocycles. The Balaban J connectivity index is 1.44. The lowest BCUT2D eigenvalue weighted by Crippen LogP contribution is -2.55. The Bertz CT molecular complexity index is 2610. The van der Waals surface area contributed by atoms with Crippen molar-refractivity contribution in [2.24, 2.45) is 0 Å². The third-order valence-corrected chi connectivity index (χ3v) is 9.48. The minimum absolute atomic E-state index is 0.0726. The van der Waals surface area contributed by atoms with Crippen LogP contribution in [-0.4, -0.2) is 15.9 Å². The Hall–Kier alpha value is -5.22. The van der Waals surface area contributed by atoms with Crippen LogP contribution in [0, 0.1) is 0 Å². The first-order chi connectivity index (χ1) is 19.9. The summed E-state index contributed by atoms with van der Waals surface area (Å²) < 4.78 is 11.8. The van der Waals surface area contributed by atoms with Crippen LogP contribution < -0.4 is 10.9 Å². The Kier molecular flexibility index (Phi) is 3.21. The molecule has 5 heterocycles. The number of benzene rings is 6. The number of rotatable bonds is 0. The van der Waals surface area contributed by atoms with E-state index in [9.17, 15) is 0 Å². The van der Waals surface area contributed by atoms with Crippen LogP contribution in [0.2, 0.25) is 0 Å². The molecule has 0 amide bonds. The molecule has 0 radical (unpaired) electrons. The summed E-state index contributed by atoms with van der Waals surface area (Å²) in [6.07, 6.45) is 0. The molecule has 9 aromatic rings. The maximum atomic E-state index is 6.64. The minimum Gasteiger partial charge on any atom is -0.455 e. The Labute approximate surface area is 228 Å². The summed E-state index contributed by atoms with van der Waals surface area (Å²) in [6, 6.07) is 42.3. The highest BCUT2D eigenvalue weighted by atomic mass is 16.3. The molecule has 11 rings (SSSR count). The van der Waals surface area contributed by atoms with Crippen molar-refractivity contribution in [3.8, 4) is 16.8 Å². The van der Waals surface area contributed by atoms with Gasteiger partial charge in [-0.3, -0.25) is 0 Å². The highest BCUT2D eigenvalue weighted by molar-refractivity contribution is 6.90. The molecule has 0 aliphatic carbocycles. The number of para-hydroxylation sites is 4. The van der Waals surface area contributed by atoms with E-state index in [2.05, 4.69) is 124 Å². The fraction of sp³-hybridized carbons (Fsp3) is 0. The highest BCUT2D eigenvalue weighted by Crippen LogP contribution is 2.47. The summed E-state index contributed by atoms with van der Waals surface area (Å²) in [7, 11) is 0. The van der Waals surface area contributed by atoms with E-state index < -0.39 is 0 Å². The lowest BCUT2D eigenvalue weighted by molar-refractivity contribution is 0.673. The monoisotopic (exact) mass is 506 g/mol. The number of hydrogen-bond acceptors (Lipinski definition) is 1. The maximum absolute atomic E-state index is 6.64. The zero-order valence-corrected chi connectivity index (χ0v) is 21.3. The van der Waals surface area contributed by atoms with Gasteiger partial charge in [0.1, 0.15) is 11.2 Å². The predicted molar refractivity (Wildman–Crippen MR) is 167 cm³/mol. The van der Waals surface area contributed by atoms with Crippen LogP contribution in [-0.2, 0) is 0 Å². The van der Waals surface area contributed by atoms with Gasteiger partial charge in [0.2, 0.25) is 0 Å². The number of furan rings is 1. The number of aromatic nitrogens is 2. The molecule has 4 heteroatoms. The molecule has 182 valence electrons.